The second-order valence-corrected chi connectivity index (χ2v) is 5.78. The summed E-state index contributed by atoms with van der Waals surface area (Å²) < 4.78 is 0. The average Bonchev–Trinajstić information content (AvgIpc) is 2.27. The third-order valence-corrected chi connectivity index (χ3v) is 3.21. The number of amides is 2. The quantitative estimate of drug-likeness (QED) is 0.763. The molecule has 1 rings (SSSR count). The largest absolute Gasteiger partial charge is 0.353 e. The molecule has 0 unspecified atom stereocenters. The monoisotopic (exact) mass is 260 g/mol. The summed E-state index contributed by atoms with van der Waals surface area (Å²) in [4.78, 5) is 24.9. The molecule has 2 amide bonds. The van der Waals surface area contributed by atoms with E-state index in [0.29, 0.717) is 13.1 Å². The lowest BCUT2D eigenvalue weighted by Crippen LogP contribution is -2.49. The van der Waals surface area contributed by atoms with Crippen LogP contribution in [0, 0.1) is 5.41 Å². The molecular formula is C12H21ClN2O2. The van der Waals surface area contributed by atoms with E-state index in [1.54, 1.807) is 4.90 Å². The van der Waals surface area contributed by atoms with Gasteiger partial charge >= 0.3 is 0 Å². The van der Waals surface area contributed by atoms with Gasteiger partial charge in [0.1, 0.15) is 5.88 Å². The molecule has 0 radical (unpaired) electrons. The summed E-state index contributed by atoms with van der Waals surface area (Å²) in [5.74, 6) is 0.0887. The van der Waals surface area contributed by atoms with Gasteiger partial charge in [-0.25, -0.2) is 0 Å². The van der Waals surface area contributed by atoms with Crippen LogP contribution in [0.3, 0.4) is 0 Å². The van der Waals surface area contributed by atoms with Crippen LogP contribution in [0.2, 0.25) is 0 Å². The molecule has 1 aliphatic heterocycles. The number of alkyl halides is 1. The lowest BCUT2D eigenvalue weighted by molar-refractivity contribution is -0.131. The SMILES string of the molecule is CC(C)(C)C(=O)NC1CCN(C(=O)CCl)CC1. The summed E-state index contributed by atoms with van der Waals surface area (Å²) in [6.45, 7) is 7.05. The average molecular weight is 261 g/mol. The van der Waals surface area contributed by atoms with Crippen molar-refractivity contribution in [2.45, 2.75) is 39.7 Å². The summed E-state index contributed by atoms with van der Waals surface area (Å²) in [7, 11) is 0. The van der Waals surface area contributed by atoms with E-state index in [1.165, 1.54) is 0 Å². The fraction of sp³-hybridized carbons (Fsp3) is 0.833. The van der Waals surface area contributed by atoms with E-state index in [4.69, 9.17) is 11.6 Å². The number of carbonyl (C=O) groups is 2. The number of rotatable bonds is 2. The number of halogens is 1. The maximum atomic E-state index is 11.8. The zero-order valence-electron chi connectivity index (χ0n) is 10.8. The maximum Gasteiger partial charge on any atom is 0.237 e. The number of nitrogens with zero attached hydrogens (tertiary/aromatic N) is 1. The normalized spacial score (nSPS) is 18.0. The predicted molar refractivity (Wildman–Crippen MR) is 67.9 cm³/mol. The van der Waals surface area contributed by atoms with Crippen molar-refractivity contribution in [3.05, 3.63) is 0 Å². The third-order valence-electron chi connectivity index (χ3n) is 2.98. The molecule has 0 aliphatic carbocycles. The fourth-order valence-electron chi connectivity index (χ4n) is 1.76. The van der Waals surface area contributed by atoms with Crippen LogP contribution in [0.5, 0.6) is 0 Å². The molecule has 98 valence electrons. The Morgan fingerprint density at radius 2 is 1.82 bits per heavy atom. The lowest BCUT2D eigenvalue weighted by atomic mass is 9.94. The molecule has 0 saturated carbocycles. The van der Waals surface area contributed by atoms with Gasteiger partial charge in [0.25, 0.3) is 0 Å². The van der Waals surface area contributed by atoms with Crippen molar-refractivity contribution in [2.24, 2.45) is 5.41 Å². The van der Waals surface area contributed by atoms with E-state index >= 15 is 0 Å². The first kappa shape index (κ1) is 14.3. The Balaban J connectivity index is 2.38. The molecule has 17 heavy (non-hydrogen) atoms. The number of likely N-dealkylation sites (tertiary alicyclic amines) is 1. The first-order valence-corrected chi connectivity index (χ1v) is 6.52. The van der Waals surface area contributed by atoms with Gasteiger partial charge in [-0.15, -0.1) is 11.6 Å². The summed E-state index contributed by atoms with van der Waals surface area (Å²) >= 11 is 5.50. The highest BCUT2D eigenvalue weighted by Crippen LogP contribution is 2.16. The van der Waals surface area contributed by atoms with E-state index < -0.39 is 0 Å². The van der Waals surface area contributed by atoms with Crippen LogP contribution in [-0.2, 0) is 9.59 Å². The van der Waals surface area contributed by atoms with Crippen LogP contribution in [0.15, 0.2) is 0 Å². The molecular weight excluding hydrogens is 240 g/mol. The highest BCUT2D eigenvalue weighted by atomic mass is 35.5. The van der Waals surface area contributed by atoms with Gasteiger partial charge in [-0.3, -0.25) is 9.59 Å². The van der Waals surface area contributed by atoms with Gasteiger partial charge in [0, 0.05) is 24.5 Å². The van der Waals surface area contributed by atoms with Crippen LogP contribution in [-0.4, -0.2) is 41.7 Å². The second kappa shape index (κ2) is 5.71. The van der Waals surface area contributed by atoms with Crippen LogP contribution in [0.1, 0.15) is 33.6 Å². The molecule has 0 bridgehead atoms. The Labute approximate surface area is 108 Å². The van der Waals surface area contributed by atoms with Crippen LogP contribution in [0.4, 0.5) is 0 Å². The van der Waals surface area contributed by atoms with Crippen molar-refractivity contribution in [2.75, 3.05) is 19.0 Å². The Hall–Kier alpha value is -0.770. The van der Waals surface area contributed by atoms with Gasteiger partial charge < -0.3 is 10.2 Å². The molecule has 0 spiro atoms. The van der Waals surface area contributed by atoms with Gasteiger partial charge in [-0.1, -0.05) is 20.8 Å². The molecule has 5 heteroatoms. The number of hydrogen-bond donors (Lipinski definition) is 1. The van der Waals surface area contributed by atoms with Gasteiger partial charge in [-0.2, -0.15) is 0 Å². The van der Waals surface area contributed by atoms with E-state index in [-0.39, 0.29) is 29.2 Å². The standard InChI is InChI=1S/C12H21ClN2O2/c1-12(2,3)11(17)14-9-4-6-15(7-5-9)10(16)8-13/h9H,4-8H2,1-3H3,(H,14,17). The number of carbonyl (C=O) groups excluding carboxylic acids is 2. The summed E-state index contributed by atoms with van der Waals surface area (Å²) in [5, 5.41) is 3.03. The van der Waals surface area contributed by atoms with Gasteiger partial charge in [0.2, 0.25) is 11.8 Å². The van der Waals surface area contributed by atoms with Crippen LogP contribution >= 0.6 is 11.6 Å². The Morgan fingerprint density at radius 1 is 1.29 bits per heavy atom. The zero-order valence-corrected chi connectivity index (χ0v) is 11.5. The Morgan fingerprint density at radius 3 is 2.24 bits per heavy atom. The minimum atomic E-state index is -0.358. The minimum Gasteiger partial charge on any atom is -0.353 e. The first-order valence-electron chi connectivity index (χ1n) is 5.99. The van der Waals surface area contributed by atoms with Gasteiger partial charge in [0.15, 0.2) is 0 Å². The number of nitrogens with one attached hydrogen (secondary N) is 1. The Bertz CT molecular complexity index is 291. The van der Waals surface area contributed by atoms with Gasteiger partial charge in [0.05, 0.1) is 0 Å². The molecule has 0 aromatic carbocycles. The molecule has 0 aromatic rings. The summed E-state index contributed by atoms with van der Waals surface area (Å²) in [6, 6.07) is 0.182. The predicted octanol–water partition coefficient (Wildman–Crippen LogP) is 1.38. The van der Waals surface area contributed by atoms with E-state index in [9.17, 15) is 9.59 Å². The van der Waals surface area contributed by atoms with Crippen LogP contribution in [0.25, 0.3) is 0 Å². The highest BCUT2D eigenvalue weighted by molar-refractivity contribution is 6.27. The number of hydrogen-bond acceptors (Lipinski definition) is 2. The molecule has 1 fully saturated rings. The van der Waals surface area contributed by atoms with Crippen LogP contribution < -0.4 is 5.32 Å². The Kier molecular flexibility index (Phi) is 4.80. The maximum absolute atomic E-state index is 11.8. The zero-order chi connectivity index (χ0) is 13.1. The fourth-order valence-corrected chi connectivity index (χ4v) is 1.93. The summed E-state index contributed by atoms with van der Waals surface area (Å²) in [5.41, 5.74) is -0.358. The van der Waals surface area contributed by atoms with Crippen molar-refractivity contribution < 1.29 is 9.59 Å². The molecule has 1 N–H and O–H groups in total. The molecule has 1 heterocycles. The van der Waals surface area contributed by atoms with Crippen molar-refractivity contribution in [3.63, 3.8) is 0 Å². The smallest absolute Gasteiger partial charge is 0.237 e. The van der Waals surface area contributed by atoms with Crippen molar-refractivity contribution in [3.8, 4) is 0 Å². The van der Waals surface area contributed by atoms with E-state index in [1.807, 2.05) is 20.8 Å². The highest BCUT2D eigenvalue weighted by Gasteiger charge is 2.27. The topological polar surface area (TPSA) is 49.4 Å². The van der Waals surface area contributed by atoms with E-state index in [0.717, 1.165) is 12.8 Å². The summed E-state index contributed by atoms with van der Waals surface area (Å²) in [6.07, 6.45) is 1.62. The van der Waals surface area contributed by atoms with E-state index in [2.05, 4.69) is 5.32 Å². The molecule has 1 aliphatic rings. The first-order chi connectivity index (χ1) is 7.84. The molecule has 0 atom stereocenters. The minimum absolute atomic E-state index is 0.0211. The number of piperidine rings is 1. The molecule has 4 nitrogen and oxygen atoms in total. The van der Waals surface area contributed by atoms with Gasteiger partial charge in [-0.05, 0) is 12.8 Å². The molecule has 1 saturated heterocycles. The van der Waals surface area contributed by atoms with Crippen molar-refractivity contribution >= 4 is 23.4 Å². The van der Waals surface area contributed by atoms with Crippen molar-refractivity contribution in [1.82, 2.24) is 10.2 Å². The molecule has 0 aromatic heterocycles. The third kappa shape index (κ3) is 4.19. The van der Waals surface area contributed by atoms with Crippen molar-refractivity contribution in [1.29, 1.82) is 0 Å². The second-order valence-electron chi connectivity index (χ2n) is 5.51. The lowest BCUT2D eigenvalue weighted by Gasteiger charge is -2.33.